The molecule has 0 bridgehead atoms. The van der Waals surface area contributed by atoms with E-state index in [4.69, 9.17) is 0 Å². The fraction of sp³-hybridized carbons (Fsp3) is 0.800. The van der Waals surface area contributed by atoms with Crippen molar-refractivity contribution in [2.45, 2.75) is 57.1 Å². The number of carbonyl (C=O) groups excluding carboxylic acids is 1. The zero-order chi connectivity index (χ0) is 13.8. The molecule has 0 aliphatic heterocycles. The highest BCUT2D eigenvalue weighted by Crippen LogP contribution is 2.23. The summed E-state index contributed by atoms with van der Waals surface area (Å²) in [6.45, 7) is 0.398. The van der Waals surface area contributed by atoms with E-state index in [0.29, 0.717) is 6.54 Å². The zero-order valence-corrected chi connectivity index (χ0v) is 12.1. The maximum absolute atomic E-state index is 12.3. The van der Waals surface area contributed by atoms with Crippen molar-refractivity contribution < 1.29 is 9.90 Å². The number of aliphatic hydroxyl groups is 1. The van der Waals surface area contributed by atoms with E-state index in [1.807, 2.05) is 19.0 Å². The maximum atomic E-state index is 12.3. The molecule has 2 unspecified atom stereocenters. The third-order valence-corrected chi connectivity index (χ3v) is 4.47. The summed E-state index contributed by atoms with van der Waals surface area (Å²) >= 11 is 0. The van der Waals surface area contributed by atoms with Crippen LogP contribution in [-0.2, 0) is 4.79 Å². The summed E-state index contributed by atoms with van der Waals surface area (Å²) in [6, 6.07) is 0.142. The summed E-state index contributed by atoms with van der Waals surface area (Å²) in [5.74, 6) is 0.133. The molecule has 0 aromatic carbocycles. The average molecular weight is 266 g/mol. The molecule has 4 nitrogen and oxygen atoms in total. The molecule has 0 radical (unpaired) electrons. The Kier molecular flexibility index (Phi) is 4.99. The molecule has 2 aliphatic rings. The molecule has 4 heteroatoms. The van der Waals surface area contributed by atoms with Gasteiger partial charge in [0.15, 0.2) is 0 Å². The predicted molar refractivity (Wildman–Crippen MR) is 75.6 cm³/mol. The first-order chi connectivity index (χ1) is 9.09. The topological polar surface area (TPSA) is 43.8 Å². The van der Waals surface area contributed by atoms with Gasteiger partial charge < -0.3 is 10.0 Å². The molecule has 0 spiro atoms. The molecule has 2 atom stereocenters. The van der Waals surface area contributed by atoms with E-state index in [-0.39, 0.29) is 18.1 Å². The molecule has 0 aromatic heterocycles. The molecule has 0 heterocycles. The van der Waals surface area contributed by atoms with Crippen molar-refractivity contribution in [2.24, 2.45) is 0 Å². The van der Waals surface area contributed by atoms with E-state index in [9.17, 15) is 9.90 Å². The third-order valence-electron chi connectivity index (χ3n) is 4.47. The van der Waals surface area contributed by atoms with Gasteiger partial charge in [-0.25, -0.2) is 0 Å². The van der Waals surface area contributed by atoms with Gasteiger partial charge in [-0.05, 0) is 39.2 Å². The molecule has 1 amide bonds. The Hall–Kier alpha value is -0.870. The molecule has 1 saturated carbocycles. The minimum Gasteiger partial charge on any atom is -0.391 e. The van der Waals surface area contributed by atoms with Crippen molar-refractivity contribution in [1.82, 2.24) is 9.80 Å². The SMILES string of the molecule is CN(C(=O)CN(C)C1CCCCC1O)C1=CCCC1. The van der Waals surface area contributed by atoms with Crippen LogP contribution >= 0.6 is 0 Å². The normalized spacial score (nSPS) is 27.5. The van der Waals surface area contributed by atoms with Crippen molar-refractivity contribution in [2.75, 3.05) is 20.6 Å². The van der Waals surface area contributed by atoms with E-state index in [0.717, 1.165) is 50.6 Å². The van der Waals surface area contributed by atoms with Crippen molar-refractivity contribution in [1.29, 1.82) is 0 Å². The predicted octanol–water partition coefficient (Wildman–Crippen LogP) is 1.75. The fourth-order valence-electron chi connectivity index (χ4n) is 3.16. The van der Waals surface area contributed by atoms with Crippen LogP contribution in [0.3, 0.4) is 0 Å². The van der Waals surface area contributed by atoms with Crippen LogP contribution in [-0.4, -0.2) is 53.6 Å². The van der Waals surface area contributed by atoms with Gasteiger partial charge in [0.05, 0.1) is 12.6 Å². The minimum absolute atomic E-state index is 0.133. The van der Waals surface area contributed by atoms with Gasteiger partial charge in [-0.15, -0.1) is 0 Å². The standard InChI is InChI=1S/C15H26N2O2/c1-16(13-9-5-6-10-14(13)18)11-15(19)17(2)12-7-3-4-8-12/h7,13-14,18H,3-6,8-11H2,1-2H3. The van der Waals surface area contributed by atoms with Crippen LogP contribution < -0.4 is 0 Å². The fourth-order valence-corrected chi connectivity index (χ4v) is 3.16. The average Bonchev–Trinajstić information content (AvgIpc) is 2.92. The van der Waals surface area contributed by atoms with E-state index in [1.54, 1.807) is 4.90 Å². The highest BCUT2D eigenvalue weighted by atomic mass is 16.3. The Balaban J connectivity index is 1.87. The molecule has 2 rings (SSSR count). The van der Waals surface area contributed by atoms with Crippen molar-refractivity contribution in [3.05, 3.63) is 11.8 Å². The number of hydrogen-bond acceptors (Lipinski definition) is 3. The Bertz CT molecular complexity index is 354. The molecular weight excluding hydrogens is 240 g/mol. The number of carbonyl (C=O) groups is 1. The van der Waals surface area contributed by atoms with Gasteiger partial charge in [0.1, 0.15) is 0 Å². The first kappa shape index (κ1) is 14.5. The number of likely N-dealkylation sites (N-methyl/N-ethyl adjacent to an activating group) is 2. The maximum Gasteiger partial charge on any atom is 0.240 e. The second-order valence-corrected chi connectivity index (χ2v) is 5.87. The minimum atomic E-state index is -0.275. The number of nitrogens with zero attached hydrogens (tertiary/aromatic N) is 2. The van der Waals surface area contributed by atoms with Crippen LogP contribution in [0.5, 0.6) is 0 Å². The second-order valence-electron chi connectivity index (χ2n) is 5.87. The summed E-state index contributed by atoms with van der Waals surface area (Å²) < 4.78 is 0. The molecule has 0 aromatic rings. The van der Waals surface area contributed by atoms with Gasteiger partial charge >= 0.3 is 0 Å². The van der Waals surface area contributed by atoms with Crippen LogP contribution in [0.1, 0.15) is 44.9 Å². The van der Waals surface area contributed by atoms with E-state index in [2.05, 4.69) is 6.08 Å². The van der Waals surface area contributed by atoms with Crippen LogP contribution in [0.4, 0.5) is 0 Å². The highest BCUT2D eigenvalue weighted by Gasteiger charge is 2.28. The summed E-state index contributed by atoms with van der Waals surface area (Å²) in [7, 11) is 3.82. The lowest BCUT2D eigenvalue weighted by Gasteiger charge is -2.35. The molecular formula is C15H26N2O2. The lowest BCUT2D eigenvalue weighted by molar-refractivity contribution is -0.130. The van der Waals surface area contributed by atoms with Crippen molar-refractivity contribution >= 4 is 5.91 Å². The lowest BCUT2D eigenvalue weighted by atomic mass is 9.91. The number of hydrogen-bond donors (Lipinski definition) is 1. The van der Waals surface area contributed by atoms with E-state index < -0.39 is 0 Å². The molecule has 108 valence electrons. The number of aliphatic hydroxyl groups excluding tert-OH is 1. The van der Waals surface area contributed by atoms with Gasteiger partial charge in [0.25, 0.3) is 0 Å². The van der Waals surface area contributed by atoms with E-state index >= 15 is 0 Å². The van der Waals surface area contributed by atoms with Crippen molar-refractivity contribution in [3.8, 4) is 0 Å². The quantitative estimate of drug-likeness (QED) is 0.843. The second kappa shape index (κ2) is 6.53. The van der Waals surface area contributed by atoms with Gasteiger partial charge in [-0.2, -0.15) is 0 Å². The van der Waals surface area contributed by atoms with Crippen LogP contribution in [0, 0.1) is 0 Å². The Morgan fingerprint density at radius 2 is 2.05 bits per heavy atom. The van der Waals surface area contributed by atoms with Crippen LogP contribution in [0.15, 0.2) is 11.8 Å². The summed E-state index contributed by atoms with van der Waals surface area (Å²) in [5.41, 5.74) is 1.16. The first-order valence-corrected chi connectivity index (χ1v) is 7.43. The molecule has 1 N–H and O–H groups in total. The first-order valence-electron chi connectivity index (χ1n) is 7.43. The molecule has 19 heavy (non-hydrogen) atoms. The zero-order valence-electron chi connectivity index (χ0n) is 12.1. The van der Waals surface area contributed by atoms with Gasteiger partial charge in [-0.1, -0.05) is 18.9 Å². The molecule has 1 fully saturated rings. The molecule has 2 aliphatic carbocycles. The third kappa shape index (κ3) is 3.57. The summed E-state index contributed by atoms with van der Waals surface area (Å²) in [5, 5.41) is 10.0. The van der Waals surface area contributed by atoms with E-state index in [1.165, 1.54) is 0 Å². The summed E-state index contributed by atoms with van der Waals surface area (Å²) in [6.07, 6.45) is 9.26. The Morgan fingerprint density at radius 1 is 1.32 bits per heavy atom. The largest absolute Gasteiger partial charge is 0.391 e. The molecule has 0 saturated heterocycles. The van der Waals surface area contributed by atoms with Gasteiger partial charge in [0.2, 0.25) is 5.91 Å². The Labute approximate surface area is 116 Å². The Morgan fingerprint density at radius 3 is 2.68 bits per heavy atom. The summed E-state index contributed by atoms with van der Waals surface area (Å²) in [4.78, 5) is 16.1. The van der Waals surface area contributed by atoms with Gasteiger partial charge in [-0.3, -0.25) is 9.69 Å². The van der Waals surface area contributed by atoms with Crippen molar-refractivity contribution in [3.63, 3.8) is 0 Å². The lowest BCUT2D eigenvalue weighted by Crippen LogP contribution is -2.47. The highest BCUT2D eigenvalue weighted by molar-refractivity contribution is 5.79. The number of rotatable bonds is 4. The van der Waals surface area contributed by atoms with Crippen LogP contribution in [0.2, 0.25) is 0 Å². The van der Waals surface area contributed by atoms with Crippen LogP contribution in [0.25, 0.3) is 0 Å². The monoisotopic (exact) mass is 266 g/mol. The number of amides is 1. The number of allylic oxidation sites excluding steroid dienone is 2. The van der Waals surface area contributed by atoms with Gasteiger partial charge in [0, 0.05) is 18.8 Å². The smallest absolute Gasteiger partial charge is 0.240 e.